The van der Waals surface area contributed by atoms with Gasteiger partial charge in [-0.2, -0.15) is 0 Å². The third-order valence-corrected chi connectivity index (χ3v) is 3.89. The lowest BCUT2D eigenvalue weighted by Crippen LogP contribution is -2.36. The molecule has 26 heavy (non-hydrogen) atoms. The van der Waals surface area contributed by atoms with Crippen LogP contribution in [0, 0.1) is 0 Å². The largest absolute Gasteiger partial charge is 0.497 e. The normalized spacial score (nSPS) is 19.1. The summed E-state index contributed by atoms with van der Waals surface area (Å²) < 4.78 is 17.4. The summed E-state index contributed by atoms with van der Waals surface area (Å²) in [6.07, 6.45) is 4.40. The molecule has 8 nitrogen and oxygen atoms in total. The summed E-state index contributed by atoms with van der Waals surface area (Å²) in [5.74, 6) is 0.169. The average Bonchev–Trinajstić information content (AvgIpc) is 2.66. The summed E-state index contributed by atoms with van der Waals surface area (Å²) in [5, 5.41) is 0. The predicted octanol–water partition coefficient (Wildman–Crippen LogP) is 1.25. The van der Waals surface area contributed by atoms with Gasteiger partial charge < -0.3 is 14.2 Å². The fourth-order valence-corrected chi connectivity index (χ4v) is 2.55. The van der Waals surface area contributed by atoms with Crippen LogP contribution in [-0.2, 0) is 9.47 Å². The van der Waals surface area contributed by atoms with Crippen molar-refractivity contribution in [1.29, 1.82) is 0 Å². The summed E-state index contributed by atoms with van der Waals surface area (Å²) in [5.41, 5.74) is -0.617. The maximum atomic E-state index is 12.1. The lowest BCUT2D eigenvalue weighted by atomic mass is 10.2. The zero-order chi connectivity index (χ0) is 18.5. The second-order valence-corrected chi connectivity index (χ2v) is 5.64. The van der Waals surface area contributed by atoms with Crippen LogP contribution in [-0.4, -0.2) is 35.3 Å². The van der Waals surface area contributed by atoms with Crippen LogP contribution in [0.2, 0.25) is 0 Å². The molecule has 0 saturated heterocycles. The van der Waals surface area contributed by atoms with Crippen LogP contribution in [0.5, 0.6) is 5.75 Å². The number of carbonyl (C=O) groups is 1. The monoisotopic (exact) mass is 358 g/mol. The van der Waals surface area contributed by atoms with Crippen LogP contribution in [0.3, 0.4) is 0 Å². The molecule has 136 valence electrons. The molecule has 3 rings (SSSR count). The number of rotatable bonds is 5. The third-order valence-electron chi connectivity index (χ3n) is 3.89. The van der Waals surface area contributed by atoms with E-state index in [1.165, 1.54) is 16.8 Å². The molecule has 0 spiro atoms. The Morgan fingerprint density at radius 2 is 2.04 bits per heavy atom. The molecule has 0 bridgehead atoms. The Morgan fingerprint density at radius 3 is 2.73 bits per heavy atom. The second kappa shape index (κ2) is 7.83. The van der Waals surface area contributed by atoms with Crippen molar-refractivity contribution < 1.29 is 19.0 Å². The number of nitrogens with one attached hydrogen (secondary N) is 1. The number of aromatic nitrogens is 2. The van der Waals surface area contributed by atoms with Gasteiger partial charge in [0.1, 0.15) is 24.7 Å². The third kappa shape index (κ3) is 4.09. The molecule has 2 aromatic rings. The van der Waals surface area contributed by atoms with Crippen LogP contribution in [0.15, 0.2) is 58.3 Å². The van der Waals surface area contributed by atoms with Crippen molar-refractivity contribution in [1.82, 2.24) is 9.55 Å². The molecule has 1 aliphatic rings. The van der Waals surface area contributed by atoms with Crippen LogP contribution < -0.4 is 16.0 Å². The molecular weight excluding hydrogens is 340 g/mol. The summed E-state index contributed by atoms with van der Waals surface area (Å²) >= 11 is 0. The lowest BCUT2D eigenvalue weighted by Gasteiger charge is -2.26. The first-order valence-corrected chi connectivity index (χ1v) is 8.01. The summed E-state index contributed by atoms with van der Waals surface area (Å²) in [7, 11) is 1.55. The zero-order valence-electron chi connectivity index (χ0n) is 14.1. The van der Waals surface area contributed by atoms with E-state index in [1.54, 1.807) is 37.5 Å². The molecule has 2 atom stereocenters. The average molecular weight is 358 g/mol. The van der Waals surface area contributed by atoms with E-state index < -0.39 is 29.6 Å². The maximum absolute atomic E-state index is 12.1. The molecule has 0 saturated carbocycles. The fraction of sp³-hybridized carbons (Fsp3) is 0.278. The van der Waals surface area contributed by atoms with Crippen molar-refractivity contribution in [2.24, 2.45) is 0 Å². The topological polar surface area (TPSA) is 99.6 Å². The Balaban J connectivity index is 1.60. The molecule has 1 aromatic heterocycles. The first-order chi connectivity index (χ1) is 12.6. The van der Waals surface area contributed by atoms with E-state index in [0.29, 0.717) is 17.7 Å². The summed E-state index contributed by atoms with van der Waals surface area (Å²) in [4.78, 5) is 37.3. The highest BCUT2D eigenvalue weighted by Crippen LogP contribution is 2.20. The van der Waals surface area contributed by atoms with Crippen LogP contribution in [0.25, 0.3) is 0 Å². The molecule has 0 fully saturated rings. The molecule has 8 heteroatoms. The fourth-order valence-electron chi connectivity index (χ4n) is 2.55. The molecule has 1 aromatic carbocycles. The van der Waals surface area contributed by atoms with Crippen LogP contribution in [0.1, 0.15) is 23.0 Å². The number of esters is 1. The molecular formula is C18H18N2O6. The van der Waals surface area contributed by atoms with E-state index in [9.17, 15) is 14.4 Å². The van der Waals surface area contributed by atoms with Gasteiger partial charge in [0.25, 0.3) is 5.56 Å². The smallest absolute Gasteiger partial charge is 0.338 e. The number of ether oxygens (including phenoxy) is 3. The number of carbonyl (C=O) groups excluding carboxylic acids is 1. The van der Waals surface area contributed by atoms with Gasteiger partial charge in [-0.1, -0.05) is 12.2 Å². The SMILES string of the molecule is COc1ccc(C(=O)OC[C@@H]2C=CC[C@H](n3ccc(=O)[nH]c3=O)O2)cc1. The van der Waals surface area contributed by atoms with Crippen molar-refractivity contribution in [3.8, 4) is 5.75 Å². The highest BCUT2D eigenvalue weighted by molar-refractivity contribution is 5.89. The van der Waals surface area contributed by atoms with E-state index in [1.807, 2.05) is 6.08 Å². The Kier molecular flexibility index (Phi) is 5.33. The quantitative estimate of drug-likeness (QED) is 0.638. The highest BCUT2D eigenvalue weighted by Gasteiger charge is 2.22. The molecule has 0 amide bonds. The minimum Gasteiger partial charge on any atom is -0.497 e. The van der Waals surface area contributed by atoms with Gasteiger partial charge in [0, 0.05) is 18.7 Å². The molecule has 0 aliphatic carbocycles. The van der Waals surface area contributed by atoms with Gasteiger partial charge in [-0.15, -0.1) is 0 Å². The zero-order valence-corrected chi connectivity index (χ0v) is 14.1. The van der Waals surface area contributed by atoms with E-state index in [2.05, 4.69) is 4.98 Å². The molecule has 0 radical (unpaired) electrons. The lowest BCUT2D eigenvalue weighted by molar-refractivity contribution is -0.0656. The number of hydrogen-bond acceptors (Lipinski definition) is 6. The van der Waals surface area contributed by atoms with E-state index in [0.717, 1.165) is 0 Å². The summed E-state index contributed by atoms with van der Waals surface area (Å²) in [6, 6.07) is 7.82. The minimum atomic E-state index is -0.575. The molecule has 2 heterocycles. The van der Waals surface area contributed by atoms with Gasteiger partial charge in [0.2, 0.25) is 0 Å². The molecule has 1 N–H and O–H groups in total. The van der Waals surface area contributed by atoms with Gasteiger partial charge in [0.15, 0.2) is 0 Å². The summed E-state index contributed by atoms with van der Waals surface area (Å²) in [6.45, 7) is 0.00989. The van der Waals surface area contributed by atoms with E-state index in [4.69, 9.17) is 14.2 Å². The second-order valence-electron chi connectivity index (χ2n) is 5.64. The van der Waals surface area contributed by atoms with Crippen molar-refractivity contribution >= 4 is 5.97 Å². The number of methoxy groups -OCH3 is 1. The maximum Gasteiger partial charge on any atom is 0.338 e. The van der Waals surface area contributed by atoms with Crippen molar-refractivity contribution in [3.63, 3.8) is 0 Å². The number of H-pyrrole nitrogens is 1. The van der Waals surface area contributed by atoms with Crippen LogP contribution >= 0.6 is 0 Å². The standard InChI is InChI=1S/C18H18N2O6/c1-24-13-7-5-12(6-8-13)17(22)25-11-14-3-2-4-16(26-14)20-10-9-15(21)19-18(20)23/h2-3,5-10,14,16H,4,11H2,1H3,(H,19,21,23)/t14-,16+/m0/s1. The van der Waals surface area contributed by atoms with E-state index >= 15 is 0 Å². The minimum absolute atomic E-state index is 0.00989. The number of hydrogen-bond donors (Lipinski definition) is 1. The first kappa shape index (κ1) is 17.7. The Hall–Kier alpha value is -3.13. The molecule has 0 unspecified atom stereocenters. The Bertz CT molecular complexity index is 912. The van der Waals surface area contributed by atoms with Crippen LogP contribution in [0.4, 0.5) is 0 Å². The van der Waals surface area contributed by atoms with Gasteiger partial charge in [0.05, 0.1) is 12.7 Å². The van der Waals surface area contributed by atoms with Gasteiger partial charge in [-0.3, -0.25) is 14.3 Å². The van der Waals surface area contributed by atoms with Crippen molar-refractivity contribution in [2.75, 3.05) is 13.7 Å². The number of nitrogens with zero attached hydrogens (tertiary/aromatic N) is 1. The van der Waals surface area contributed by atoms with E-state index in [-0.39, 0.29) is 6.61 Å². The Morgan fingerprint density at radius 1 is 1.27 bits per heavy atom. The predicted molar refractivity (Wildman–Crippen MR) is 92.3 cm³/mol. The highest BCUT2D eigenvalue weighted by atomic mass is 16.6. The van der Waals surface area contributed by atoms with Crippen molar-refractivity contribution in [2.45, 2.75) is 18.8 Å². The van der Waals surface area contributed by atoms with Gasteiger partial charge in [-0.25, -0.2) is 9.59 Å². The van der Waals surface area contributed by atoms with Gasteiger partial charge >= 0.3 is 11.7 Å². The number of benzene rings is 1. The number of aromatic amines is 1. The van der Waals surface area contributed by atoms with Gasteiger partial charge in [-0.05, 0) is 24.3 Å². The Labute approximate surface area is 148 Å². The van der Waals surface area contributed by atoms with Crippen molar-refractivity contribution in [3.05, 3.63) is 75.1 Å². The molecule has 1 aliphatic heterocycles. The first-order valence-electron chi connectivity index (χ1n) is 8.01.